The predicted octanol–water partition coefficient (Wildman–Crippen LogP) is 3.72. The van der Waals surface area contributed by atoms with Crippen LogP contribution in [-0.2, 0) is 16.0 Å². The molecule has 4 heteroatoms. The molecule has 3 fully saturated rings. The monoisotopic (exact) mass is 332 g/mol. The van der Waals surface area contributed by atoms with Gasteiger partial charge in [0.15, 0.2) is 0 Å². The molecule has 2 heterocycles. The summed E-state index contributed by atoms with van der Waals surface area (Å²) in [5.41, 5.74) is -0.362. The quantitative estimate of drug-likeness (QED) is 0.857. The van der Waals surface area contributed by atoms with Crippen molar-refractivity contribution < 1.29 is 19.1 Å². The van der Waals surface area contributed by atoms with E-state index in [4.69, 9.17) is 9.15 Å². The number of ether oxygens (including phenoxy) is 1. The Bertz CT molecular complexity index is 638. The first-order valence-electron chi connectivity index (χ1n) is 9.26. The summed E-state index contributed by atoms with van der Waals surface area (Å²) in [4.78, 5) is 12.6. The van der Waals surface area contributed by atoms with Crippen LogP contribution in [0.15, 0.2) is 23.0 Å². The van der Waals surface area contributed by atoms with Gasteiger partial charge in [-0.05, 0) is 56.6 Å². The Morgan fingerprint density at radius 2 is 2.12 bits per heavy atom. The number of hydrogen-bond donors (Lipinski definition) is 1. The number of carbonyl (C=O) groups is 1. The standard InChI is InChI=1S/C20H28O4/c1-13-11-15-16-18(2,17(21)24-15)7-4-8-19(16,3)20(13,22)9-5-14-6-10-23-12-14/h6,10,12-13,15-16,22H,4-5,7-9,11H2,1-3H3/t13-,15?,16?,18+,19-,20-/m1/s1. The van der Waals surface area contributed by atoms with Gasteiger partial charge in [0.05, 0.1) is 23.5 Å². The van der Waals surface area contributed by atoms with E-state index in [2.05, 4.69) is 20.8 Å². The molecule has 132 valence electrons. The van der Waals surface area contributed by atoms with Crippen molar-refractivity contribution in [1.29, 1.82) is 0 Å². The summed E-state index contributed by atoms with van der Waals surface area (Å²) in [7, 11) is 0. The smallest absolute Gasteiger partial charge is 0.312 e. The molecule has 4 nitrogen and oxygen atoms in total. The van der Waals surface area contributed by atoms with Crippen molar-refractivity contribution in [2.75, 3.05) is 0 Å². The van der Waals surface area contributed by atoms with E-state index in [0.717, 1.165) is 37.7 Å². The maximum atomic E-state index is 12.6. The Balaban J connectivity index is 1.70. The van der Waals surface area contributed by atoms with Crippen molar-refractivity contribution in [2.45, 2.75) is 71.0 Å². The summed E-state index contributed by atoms with van der Waals surface area (Å²) < 4.78 is 11.0. The highest BCUT2D eigenvalue weighted by Gasteiger charge is 2.70. The van der Waals surface area contributed by atoms with Gasteiger partial charge in [-0.1, -0.05) is 20.3 Å². The van der Waals surface area contributed by atoms with Crippen molar-refractivity contribution in [3.63, 3.8) is 0 Å². The van der Waals surface area contributed by atoms with Crippen LogP contribution in [0.2, 0.25) is 0 Å². The second kappa shape index (κ2) is 5.10. The van der Waals surface area contributed by atoms with Gasteiger partial charge < -0.3 is 14.3 Å². The normalized spacial score (nSPS) is 47.3. The Kier molecular flexibility index (Phi) is 3.44. The lowest BCUT2D eigenvalue weighted by Crippen LogP contribution is -2.65. The predicted molar refractivity (Wildman–Crippen MR) is 89.2 cm³/mol. The first-order valence-corrected chi connectivity index (χ1v) is 9.26. The van der Waals surface area contributed by atoms with Crippen LogP contribution in [0.4, 0.5) is 0 Å². The summed E-state index contributed by atoms with van der Waals surface area (Å²) in [6.07, 6.45) is 8.51. The number of furan rings is 1. The number of hydrogen-bond acceptors (Lipinski definition) is 4. The van der Waals surface area contributed by atoms with Crippen LogP contribution >= 0.6 is 0 Å². The molecule has 6 atom stereocenters. The summed E-state index contributed by atoms with van der Waals surface area (Å²) in [6, 6.07) is 1.97. The van der Waals surface area contributed by atoms with Crippen LogP contribution in [0, 0.1) is 22.7 Å². The van der Waals surface area contributed by atoms with Crippen molar-refractivity contribution >= 4 is 5.97 Å². The molecule has 1 aromatic rings. The van der Waals surface area contributed by atoms with Crippen LogP contribution in [0.25, 0.3) is 0 Å². The summed E-state index contributed by atoms with van der Waals surface area (Å²) >= 11 is 0. The lowest BCUT2D eigenvalue weighted by molar-refractivity contribution is -0.217. The highest BCUT2D eigenvalue weighted by atomic mass is 16.6. The molecule has 0 radical (unpaired) electrons. The second-order valence-electron chi connectivity index (χ2n) is 8.80. The van der Waals surface area contributed by atoms with Gasteiger partial charge in [-0.2, -0.15) is 0 Å². The molecule has 1 aromatic heterocycles. The second-order valence-corrected chi connectivity index (χ2v) is 8.80. The average molecular weight is 332 g/mol. The van der Waals surface area contributed by atoms with Crippen molar-refractivity contribution in [1.82, 2.24) is 0 Å². The van der Waals surface area contributed by atoms with Gasteiger partial charge in [0, 0.05) is 11.3 Å². The van der Waals surface area contributed by atoms with Crippen LogP contribution in [-0.4, -0.2) is 22.8 Å². The van der Waals surface area contributed by atoms with E-state index in [1.165, 1.54) is 0 Å². The SMILES string of the molecule is C[C@@H]1CC2OC(=O)[C@@]3(C)CCC[C@](C)(C23)[C@@]1(O)CCc1ccoc1. The Morgan fingerprint density at radius 1 is 1.33 bits per heavy atom. The van der Waals surface area contributed by atoms with Crippen LogP contribution in [0.5, 0.6) is 0 Å². The summed E-state index contributed by atoms with van der Waals surface area (Å²) in [6.45, 7) is 6.38. The number of carbonyl (C=O) groups excluding carboxylic acids is 1. The van der Waals surface area contributed by atoms with Crippen LogP contribution in [0.3, 0.4) is 0 Å². The largest absolute Gasteiger partial charge is 0.472 e. The van der Waals surface area contributed by atoms with Gasteiger partial charge in [-0.25, -0.2) is 0 Å². The zero-order chi connectivity index (χ0) is 17.2. The van der Waals surface area contributed by atoms with E-state index in [1.54, 1.807) is 12.5 Å². The molecule has 1 N–H and O–H groups in total. The first-order chi connectivity index (χ1) is 11.3. The maximum absolute atomic E-state index is 12.6. The highest BCUT2D eigenvalue weighted by molar-refractivity contribution is 5.80. The molecular formula is C20H28O4. The Labute approximate surface area is 143 Å². The lowest BCUT2D eigenvalue weighted by atomic mass is 9.44. The van der Waals surface area contributed by atoms with Crippen molar-refractivity contribution in [3.8, 4) is 0 Å². The van der Waals surface area contributed by atoms with Gasteiger partial charge in [0.1, 0.15) is 6.10 Å². The Hall–Kier alpha value is -1.29. The summed E-state index contributed by atoms with van der Waals surface area (Å²) in [5, 5.41) is 11.9. The van der Waals surface area contributed by atoms with Gasteiger partial charge in [0.25, 0.3) is 0 Å². The third-order valence-corrected chi connectivity index (χ3v) is 7.63. The van der Waals surface area contributed by atoms with Gasteiger partial charge in [-0.3, -0.25) is 4.79 Å². The molecule has 2 unspecified atom stereocenters. The van der Waals surface area contributed by atoms with Gasteiger partial charge in [-0.15, -0.1) is 0 Å². The number of aryl methyl sites for hydroxylation is 1. The van der Waals surface area contributed by atoms with Gasteiger partial charge in [0.2, 0.25) is 0 Å². The van der Waals surface area contributed by atoms with Crippen LogP contribution < -0.4 is 0 Å². The third-order valence-electron chi connectivity index (χ3n) is 7.63. The molecule has 24 heavy (non-hydrogen) atoms. The number of rotatable bonds is 3. The van der Waals surface area contributed by atoms with Crippen molar-refractivity contribution in [2.24, 2.45) is 22.7 Å². The highest BCUT2D eigenvalue weighted by Crippen LogP contribution is 2.67. The fraction of sp³-hybridized carbons (Fsp3) is 0.750. The molecule has 2 saturated carbocycles. The minimum absolute atomic E-state index is 0.0306. The molecule has 4 rings (SSSR count). The zero-order valence-electron chi connectivity index (χ0n) is 14.9. The molecule has 0 bridgehead atoms. The molecule has 0 spiro atoms. The molecule has 2 aliphatic carbocycles. The minimum atomic E-state index is -0.777. The molecule has 0 amide bonds. The molecule has 1 saturated heterocycles. The van der Waals surface area contributed by atoms with Gasteiger partial charge >= 0.3 is 5.97 Å². The van der Waals surface area contributed by atoms with E-state index in [-0.39, 0.29) is 29.3 Å². The number of esters is 1. The molecule has 1 aliphatic heterocycles. The van der Waals surface area contributed by atoms with E-state index in [1.807, 2.05) is 6.07 Å². The average Bonchev–Trinajstić information content (AvgIpc) is 3.12. The topological polar surface area (TPSA) is 59.7 Å². The maximum Gasteiger partial charge on any atom is 0.312 e. The Morgan fingerprint density at radius 3 is 2.83 bits per heavy atom. The first kappa shape index (κ1) is 16.2. The van der Waals surface area contributed by atoms with E-state index >= 15 is 0 Å². The van der Waals surface area contributed by atoms with Crippen molar-refractivity contribution in [3.05, 3.63) is 24.2 Å². The van der Waals surface area contributed by atoms with Crippen LogP contribution in [0.1, 0.15) is 58.4 Å². The van der Waals surface area contributed by atoms with E-state index < -0.39 is 11.0 Å². The summed E-state index contributed by atoms with van der Waals surface area (Å²) in [5.74, 6) is 0.190. The number of aliphatic hydroxyl groups is 1. The lowest BCUT2D eigenvalue weighted by Gasteiger charge is -2.61. The zero-order valence-corrected chi connectivity index (χ0v) is 14.9. The van der Waals surface area contributed by atoms with E-state index in [0.29, 0.717) is 6.42 Å². The minimum Gasteiger partial charge on any atom is -0.472 e. The third kappa shape index (κ3) is 1.92. The van der Waals surface area contributed by atoms with E-state index in [9.17, 15) is 9.90 Å². The molecule has 0 aromatic carbocycles. The molecule has 3 aliphatic rings. The fourth-order valence-corrected chi connectivity index (χ4v) is 6.30. The fourth-order valence-electron chi connectivity index (χ4n) is 6.30. The molecular weight excluding hydrogens is 304 g/mol.